The molecule has 120 valence electrons. The first-order valence-electron chi connectivity index (χ1n) is 7.35. The molecule has 6 nitrogen and oxygen atoms in total. The molecule has 7 heteroatoms. The fraction of sp³-hybridized carbons (Fsp3) is 0.118. The maximum atomic E-state index is 12.4. The number of aromatic nitrogens is 2. The van der Waals surface area contributed by atoms with Crippen LogP contribution in [0.5, 0.6) is 11.5 Å². The zero-order valence-electron chi connectivity index (χ0n) is 12.5. The minimum absolute atomic E-state index is 0.170. The molecule has 1 N–H and O–H groups in total. The SMILES string of the molecule is O=C(Nc1nc(-c2cccnc2)cs1)[C@H]1COc2ccccc2O1. The van der Waals surface area contributed by atoms with Gasteiger partial charge in [-0.15, -0.1) is 11.3 Å². The number of hydrogen-bond acceptors (Lipinski definition) is 6. The minimum Gasteiger partial charge on any atom is -0.485 e. The molecule has 1 atom stereocenters. The number of amides is 1. The van der Waals surface area contributed by atoms with Gasteiger partial charge in [0.25, 0.3) is 5.91 Å². The lowest BCUT2D eigenvalue weighted by Gasteiger charge is -2.25. The normalized spacial score (nSPS) is 15.8. The Morgan fingerprint density at radius 1 is 1.21 bits per heavy atom. The Morgan fingerprint density at radius 3 is 2.92 bits per heavy atom. The standard InChI is InChI=1S/C17H13N3O3S/c21-16(15-9-22-13-5-1-2-6-14(13)23-15)20-17-19-12(10-24-17)11-4-3-7-18-8-11/h1-8,10,15H,9H2,(H,19,20,21)/t15-/m1/s1. The summed E-state index contributed by atoms with van der Waals surface area (Å²) in [5, 5.41) is 5.17. The maximum Gasteiger partial charge on any atom is 0.270 e. The molecular weight excluding hydrogens is 326 g/mol. The van der Waals surface area contributed by atoms with Gasteiger partial charge < -0.3 is 9.47 Å². The molecule has 1 aromatic carbocycles. The number of ether oxygens (including phenoxy) is 2. The molecule has 4 rings (SSSR count). The Balaban J connectivity index is 1.45. The summed E-state index contributed by atoms with van der Waals surface area (Å²) in [6.45, 7) is 0.170. The Hall–Kier alpha value is -2.93. The van der Waals surface area contributed by atoms with Crippen LogP contribution in [-0.2, 0) is 4.79 Å². The van der Waals surface area contributed by atoms with Crippen molar-refractivity contribution in [3.05, 3.63) is 54.2 Å². The highest BCUT2D eigenvalue weighted by molar-refractivity contribution is 7.14. The molecule has 0 saturated carbocycles. The molecule has 0 fully saturated rings. The van der Waals surface area contributed by atoms with Crippen LogP contribution in [0.15, 0.2) is 54.2 Å². The van der Waals surface area contributed by atoms with Crippen LogP contribution in [0.3, 0.4) is 0 Å². The Labute approximate surface area is 142 Å². The van der Waals surface area contributed by atoms with E-state index in [1.807, 2.05) is 35.7 Å². The Bertz CT molecular complexity index is 866. The second-order valence-electron chi connectivity index (χ2n) is 5.13. The predicted octanol–water partition coefficient (Wildman–Crippen LogP) is 2.98. The van der Waals surface area contributed by atoms with Gasteiger partial charge in [0.05, 0.1) is 5.69 Å². The topological polar surface area (TPSA) is 73.3 Å². The van der Waals surface area contributed by atoms with Gasteiger partial charge in [0.1, 0.15) is 6.61 Å². The van der Waals surface area contributed by atoms with Crippen LogP contribution >= 0.6 is 11.3 Å². The van der Waals surface area contributed by atoms with Crippen LogP contribution in [0.1, 0.15) is 0 Å². The van der Waals surface area contributed by atoms with Crippen LogP contribution in [0, 0.1) is 0 Å². The summed E-state index contributed by atoms with van der Waals surface area (Å²) < 4.78 is 11.2. The number of nitrogens with zero attached hydrogens (tertiary/aromatic N) is 2. The number of fused-ring (bicyclic) bond motifs is 1. The molecule has 1 aliphatic rings. The summed E-state index contributed by atoms with van der Waals surface area (Å²) in [5.74, 6) is 0.935. The smallest absolute Gasteiger partial charge is 0.270 e. The van der Waals surface area contributed by atoms with Crippen LogP contribution in [0.25, 0.3) is 11.3 Å². The number of hydrogen-bond donors (Lipinski definition) is 1. The zero-order valence-corrected chi connectivity index (χ0v) is 13.3. The van der Waals surface area contributed by atoms with E-state index in [1.165, 1.54) is 11.3 Å². The van der Waals surface area contributed by atoms with Gasteiger partial charge in [-0.2, -0.15) is 0 Å². The van der Waals surface area contributed by atoms with Crippen molar-refractivity contribution in [3.8, 4) is 22.8 Å². The average Bonchev–Trinajstić information content (AvgIpc) is 3.10. The van der Waals surface area contributed by atoms with E-state index in [2.05, 4.69) is 15.3 Å². The van der Waals surface area contributed by atoms with E-state index in [0.717, 1.165) is 11.3 Å². The number of thiazole rings is 1. The maximum absolute atomic E-state index is 12.4. The molecule has 0 radical (unpaired) electrons. The van der Waals surface area contributed by atoms with E-state index < -0.39 is 6.10 Å². The van der Waals surface area contributed by atoms with Crippen molar-refractivity contribution >= 4 is 22.4 Å². The van der Waals surface area contributed by atoms with Gasteiger partial charge in [0, 0.05) is 23.3 Å². The van der Waals surface area contributed by atoms with Gasteiger partial charge in [-0.3, -0.25) is 15.1 Å². The third-order valence-electron chi connectivity index (χ3n) is 3.49. The summed E-state index contributed by atoms with van der Waals surface area (Å²) in [7, 11) is 0. The molecular formula is C17H13N3O3S. The van der Waals surface area contributed by atoms with Crippen LogP contribution in [0.4, 0.5) is 5.13 Å². The second-order valence-corrected chi connectivity index (χ2v) is 5.99. The molecule has 0 aliphatic carbocycles. The minimum atomic E-state index is -0.703. The lowest BCUT2D eigenvalue weighted by Crippen LogP contribution is -2.40. The molecule has 3 heterocycles. The van der Waals surface area contributed by atoms with Crippen molar-refractivity contribution < 1.29 is 14.3 Å². The monoisotopic (exact) mass is 339 g/mol. The molecule has 2 aromatic heterocycles. The highest BCUT2D eigenvalue weighted by Crippen LogP contribution is 2.31. The van der Waals surface area contributed by atoms with Gasteiger partial charge in [-0.25, -0.2) is 4.98 Å². The lowest BCUT2D eigenvalue weighted by atomic mass is 10.2. The van der Waals surface area contributed by atoms with E-state index in [-0.39, 0.29) is 12.5 Å². The first kappa shape index (κ1) is 14.6. The van der Waals surface area contributed by atoms with Gasteiger partial charge in [0.15, 0.2) is 16.6 Å². The highest BCUT2D eigenvalue weighted by atomic mass is 32.1. The number of carbonyl (C=O) groups is 1. The molecule has 0 unspecified atom stereocenters. The zero-order chi connectivity index (χ0) is 16.4. The Kier molecular flexibility index (Phi) is 3.84. The van der Waals surface area contributed by atoms with Crippen LogP contribution in [-0.4, -0.2) is 28.6 Å². The average molecular weight is 339 g/mol. The number of benzene rings is 1. The number of anilines is 1. The summed E-state index contributed by atoms with van der Waals surface area (Å²) in [5.41, 5.74) is 1.68. The number of carbonyl (C=O) groups excluding carboxylic acids is 1. The predicted molar refractivity (Wildman–Crippen MR) is 90.3 cm³/mol. The summed E-state index contributed by atoms with van der Waals surface area (Å²) in [4.78, 5) is 20.8. The molecule has 0 saturated heterocycles. The van der Waals surface area contributed by atoms with Gasteiger partial charge in [-0.1, -0.05) is 12.1 Å². The van der Waals surface area contributed by atoms with E-state index in [1.54, 1.807) is 18.5 Å². The van der Waals surface area contributed by atoms with Gasteiger partial charge in [-0.05, 0) is 24.3 Å². The molecule has 24 heavy (non-hydrogen) atoms. The Morgan fingerprint density at radius 2 is 2.08 bits per heavy atom. The van der Waals surface area contributed by atoms with Crippen LogP contribution < -0.4 is 14.8 Å². The fourth-order valence-corrected chi connectivity index (χ4v) is 3.04. The van der Waals surface area contributed by atoms with E-state index >= 15 is 0 Å². The van der Waals surface area contributed by atoms with Crippen molar-refractivity contribution in [2.45, 2.75) is 6.10 Å². The van der Waals surface area contributed by atoms with Crippen LogP contribution in [0.2, 0.25) is 0 Å². The quantitative estimate of drug-likeness (QED) is 0.794. The van der Waals surface area contributed by atoms with Crippen molar-refractivity contribution in [1.82, 2.24) is 9.97 Å². The first-order chi connectivity index (χ1) is 11.8. The van der Waals surface area contributed by atoms with E-state index in [9.17, 15) is 4.79 Å². The van der Waals surface area contributed by atoms with Crippen molar-refractivity contribution in [2.24, 2.45) is 0 Å². The largest absolute Gasteiger partial charge is 0.485 e. The fourth-order valence-electron chi connectivity index (χ4n) is 2.31. The number of para-hydroxylation sites is 2. The van der Waals surface area contributed by atoms with Gasteiger partial charge >= 0.3 is 0 Å². The molecule has 0 bridgehead atoms. The first-order valence-corrected chi connectivity index (χ1v) is 8.23. The number of pyridine rings is 1. The van der Waals surface area contributed by atoms with Gasteiger partial charge in [0.2, 0.25) is 6.10 Å². The second kappa shape index (κ2) is 6.29. The number of nitrogens with one attached hydrogen (secondary N) is 1. The van der Waals surface area contributed by atoms with E-state index in [0.29, 0.717) is 16.6 Å². The lowest BCUT2D eigenvalue weighted by molar-refractivity contribution is -0.125. The number of rotatable bonds is 3. The summed E-state index contributed by atoms with van der Waals surface area (Å²) >= 11 is 1.36. The highest BCUT2D eigenvalue weighted by Gasteiger charge is 2.27. The molecule has 1 amide bonds. The third-order valence-corrected chi connectivity index (χ3v) is 4.25. The summed E-state index contributed by atoms with van der Waals surface area (Å²) in [6, 6.07) is 11.0. The summed E-state index contributed by atoms with van der Waals surface area (Å²) in [6.07, 6.45) is 2.73. The molecule has 1 aliphatic heterocycles. The molecule has 0 spiro atoms. The van der Waals surface area contributed by atoms with Crippen molar-refractivity contribution in [1.29, 1.82) is 0 Å². The van der Waals surface area contributed by atoms with E-state index in [4.69, 9.17) is 9.47 Å². The third kappa shape index (κ3) is 2.93. The molecule has 3 aromatic rings. The van der Waals surface area contributed by atoms with Crippen molar-refractivity contribution in [2.75, 3.05) is 11.9 Å². The van der Waals surface area contributed by atoms with Crippen molar-refractivity contribution in [3.63, 3.8) is 0 Å².